The Hall–Kier alpha value is -3.67. The molecular weight excluding hydrogens is 473 g/mol. The van der Waals surface area contributed by atoms with Gasteiger partial charge in [-0.05, 0) is 55.0 Å². The van der Waals surface area contributed by atoms with Gasteiger partial charge in [-0.3, -0.25) is 9.82 Å². The van der Waals surface area contributed by atoms with Gasteiger partial charge in [0.15, 0.2) is 0 Å². The molecule has 3 aromatic carbocycles. The monoisotopic (exact) mass is 499 g/mol. The third kappa shape index (κ3) is 5.88. The second kappa shape index (κ2) is 10.3. The molecule has 0 aliphatic heterocycles. The highest BCUT2D eigenvalue weighted by Gasteiger charge is 2.17. The van der Waals surface area contributed by atoms with Crippen LogP contribution in [0.15, 0.2) is 65.6 Å². The van der Waals surface area contributed by atoms with Crippen molar-refractivity contribution in [2.24, 2.45) is 0 Å². The smallest absolute Gasteiger partial charge is 0.261 e. The maximum atomic E-state index is 13.4. The zero-order valence-corrected chi connectivity index (χ0v) is 19.8. The average Bonchev–Trinajstić information content (AvgIpc) is 3.20. The SMILES string of the molecule is Cc1[nH]nc2cc(OCCNCC(O)c3cccc(NS(=O)(=O)c4ccc(F)c(N)c4)c3)ccc12. The first-order chi connectivity index (χ1) is 16.7. The number of H-pyrrole nitrogens is 1. The van der Waals surface area contributed by atoms with E-state index >= 15 is 0 Å². The number of benzene rings is 3. The number of aromatic nitrogens is 2. The van der Waals surface area contributed by atoms with Gasteiger partial charge in [-0.15, -0.1) is 0 Å². The minimum absolute atomic E-state index is 0.161. The van der Waals surface area contributed by atoms with Crippen molar-refractivity contribution in [2.75, 3.05) is 30.2 Å². The number of sulfonamides is 1. The lowest BCUT2D eigenvalue weighted by Crippen LogP contribution is -2.26. The summed E-state index contributed by atoms with van der Waals surface area (Å²) in [6.07, 6.45) is -0.871. The molecule has 11 heteroatoms. The van der Waals surface area contributed by atoms with E-state index in [0.29, 0.717) is 24.5 Å². The third-order valence-corrected chi connectivity index (χ3v) is 6.78. The highest BCUT2D eigenvalue weighted by Crippen LogP contribution is 2.23. The van der Waals surface area contributed by atoms with Crippen LogP contribution >= 0.6 is 0 Å². The van der Waals surface area contributed by atoms with Crippen LogP contribution in [0.3, 0.4) is 0 Å². The van der Waals surface area contributed by atoms with Crippen LogP contribution in [0.4, 0.5) is 15.8 Å². The molecule has 0 aliphatic carbocycles. The van der Waals surface area contributed by atoms with Crippen LogP contribution in [0.5, 0.6) is 5.75 Å². The van der Waals surface area contributed by atoms with E-state index in [1.807, 2.05) is 25.1 Å². The Morgan fingerprint density at radius 2 is 2.00 bits per heavy atom. The predicted octanol–water partition coefficient (Wildman–Crippen LogP) is 3.10. The maximum absolute atomic E-state index is 13.4. The fourth-order valence-corrected chi connectivity index (χ4v) is 4.61. The van der Waals surface area contributed by atoms with E-state index < -0.39 is 21.9 Å². The van der Waals surface area contributed by atoms with Crippen molar-refractivity contribution in [3.63, 3.8) is 0 Å². The molecule has 0 fully saturated rings. The van der Waals surface area contributed by atoms with Gasteiger partial charge in [-0.25, -0.2) is 12.8 Å². The minimum Gasteiger partial charge on any atom is -0.492 e. The predicted molar refractivity (Wildman–Crippen MR) is 132 cm³/mol. The molecular formula is C24H26FN5O4S. The molecule has 4 rings (SSSR count). The summed E-state index contributed by atoms with van der Waals surface area (Å²) in [5.41, 5.74) is 7.84. The Kier molecular flexibility index (Phi) is 7.20. The standard InChI is InChI=1S/C24H26FN5O4S/c1-15-20-7-5-18(12-23(20)29-28-15)34-10-9-27-14-24(31)16-3-2-4-17(11-16)30-35(32,33)19-6-8-21(25)22(26)13-19/h2-8,11-13,24,27,30-31H,9-10,14,26H2,1H3,(H,28,29). The summed E-state index contributed by atoms with van der Waals surface area (Å²) >= 11 is 0. The zero-order valence-electron chi connectivity index (χ0n) is 19.0. The van der Waals surface area contributed by atoms with E-state index in [9.17, 15) is 17.9 Å². The lowest BCUT2D eigenvalue weighted by molar-refractivity contribution is 0.172. The number of rotatable bonds is 10. The van der Waals surface area contributed by atoms with E-state index in [1.165, 1.54) is 6.07 Å². The van der Waals surface area contributed by atoms with E-state index in [2.05, 4.69) is 20.2 Å². The number of hydrogen-bond donors (Lipinski definition) is 5. The van der Waals surface area contributed by atoms with Crippen LogP contribution in [-0.2, 0) is 10.0 Å². The summed E-state index contributed by atoms with van der Waals surface area (Å²) in [7, 11) is -3.98. The molecule has 0 radical (unpaired) electrons. The lowest BCUT2D eigenvalue weighted by atomic mass is 10.1. The normalized spacial score (nSPS) is 12.5. The number of nitrogens with zero attached hydrogens (tertiary/aromatic N) is 1. The summed E-state index contributed by atoms with van der Waals surface area (Å²) in [6.45, 7) is 3.08. The molecule has 1 aromatic heterocycles. The summed E-state index contributed by atoms with van der Waals surface area (Å²) in [4.78, 5) is -0.161. The van der Waals surface area contributed by atoms with Crippen molar-refractivity contribution in [3.05, 3.63) is 77.7 Å². The number of nitrogens with two attached hydrogens (primary N) is 1. The summed E-state index contributed by atoms with van der Waals surface area (Å²) in [5, 5.41) is 21.8. The Morgan fingerprint density at radius 3 is 2.80 bits per heavy atom. The fraction of sp³-hybridized carbons (Fsp3) is 0.208. The molecule has 0 saturated heterocycles. The average molecular weight is 500 g/mol. The number of hydrogen-bond acceptors (Lipinski definition) is 7. The number of ether oxygens (including phenoxy) is 1. The second-order valence-electron chi connectivity index (χ2n) is 8.01. The van der Waals surface area contributed by atoms with Gasteiger partial charge in [0.1, 0.15) is 18.2 Å². The Balaban J connectivity index is 1.28. The third-order valence-electron chi connectivity index (χ3n) is 5.40. The van der Waals surface area contributed by atoms with Gasteiger partial charge in [-0.2, -0.15) is 5.10 Å². The number of aliphatic hydroxyl groups is 1. The van der Waals surface area contributed by atoms with E-state index in [1.54, 1.807) is 18.2 Å². The van der Waals surface area contributed by atoms with Crippen molar-refractivity contribution in [3.8, 4) is 5.75 Å². The number of nitrogens with one attached hydrogen (secondary N) is 3. The van der Waals surface area contributed by atoms with Gasteiger partial charge in [0.05, 0.1) is 22.2 Å². The van der Waals surface area contributed by atoms with Gasteiger partial charge in [0.2, 0.25) is 0 Å². The Labute approximate surface area is 202 Å². The summed E-state index contributed by atoms with van der Waals surface area (Å²) in [5.74, 6) is 0.00929. The number of fused-ring (bicyclic) bond motifs is 1. The number of aryl methyl sites for hydroxylation is 1. The minimum atomic E-state index is -3.98. The largest absolute Gasteiger partial charge is 0.492 e. The molecule has 0 aliphatic rings. The molecule has 4 aromatic rings. The quantitative estimate of drug-likeness (QED) is 0.167. The molecule has 6 N–H and O–H groups in total. The van der Waals surface area contributed by atoms with Crippen LogP contribution in [0.1, 0.15) is 17.4 Å². The fourth-order valence-electron chi connectivity index (χ4n) is 3.53. The first kappa shape index (κ1) is 24.5. The summed E-state index contributed by atoms with van der Waals surface area (Å²) < 4.78 is 46.7. The molecule has 0 bridgehead atoms. The van der Waals surface area contributed by atoms with Gasteiger partial charge >= 0.3 is 0 Å². The van der Waals surface area contributed by atoms with Crippen molar-refractivity contribution < 1.29 is 22.7 Å². The Bertz CT molecular complexity index is 1440. The number of anilines is 2. The Morgan fingerprint density at radius 1 is 1.17 bits per heavy atom. The molecule has 35 heavy (non-hydrogen) atoms. The maximum Gasteiger partial charge on any atom is 0.261 e. The number of aliphatic hydroxyl groups excluding tert-OH is 1. The van der Waals surface area contributed by atoms with Crippen LogP contribution in [0.25, 0.3) is 10.9 Å². The molecule has 0 saturated carbocycles. The van der Waals surface area contributed by atoms with Crippen molar-refractivity contribution in [2.45, 2.75) is 17.9 Å². The van der Waals surface area contributed by atoms with Crippen LogP contribution < -0.4 is 20.5 Å². The molecule has 0 amide bonds. The highest BCUT2D eigenvalue weighted by molar-refractivity contribution is 7.92. The molecule has 9 nitrogen and oxygen atoms in total. The first-order valence-corrected chi connectivity index (χ1v) is 12.4. The lowest BCUT2D eigenvalue weighted by Gasteiger charge is -2.15. The number of nitrogen functional groups attached to an aromatic ring is 1. The molecule has 1 heterocycles. The molecule has 0 spiro atoms. The summed E-state index contributed by atoms with van der Waals surface area (Å²) in [6, 6.07) is 15.3. The second-order valence-corrected chi connectivity index (χ2v) is 9.69. The van der Waals surface area contributed by atoms with E-state index in [-0.39, 0.29) is 22.8 Å². The van der Waals surface area contributed by atoms with E-state index in [4.69, 9.17) is 10.5 Å². The number of aromatic amines is 1. The van der Waals surface area contributed by atoms with Gasteiger partial charge < -0.3 is 20.9 Å². The van der Waals surface area contributed by atoms with Crippen LogP contribution in [-0.4, -0.2) is 43.4 Å². The molecule has 1 unspecified atom stereocenters. The van der Waals surface area contributed by atoms with E-state index in [0.717, 1.165) is 34.8 Å². The van der Waals surface area contributed by atoms with Gasteiger partial charge in [0.25, 0.3) is 10.0 Å². The van der Waals surface area contributed by atoms with Crippen molar-refractivity contribution in [1.82, 2.24) is 15.5 Å². The highest BCUT2D eigenvalue weighted by atomic mass is 32.2. The van der Waals surface area contributed by atoms with Crippen LogP contribution in [0.2, 0.25) is 0 Å². The molecule has 184 valence electrons. The van der Waals surface area contributed by atoms with Crippen molar-refractivity contribution in [1.29, 1.82) is 0 Å². The van der Waals surface area contributed by atoms with Crippen LogP contribution in [0, 0.1) is 12.7 Å². The molecule has 1 atom stereocenters. The van der Waals surface area contributed by atoms with Crippen molar-refractivity contribution >= 4 is 32.3 Å². The topological polar surface area (TPSA) is 142 Å². The van der Waals surface area contributed by atoms with Gasteiger partial charge in [-0.1, -0.05) is 12.1 Å². The zero-order chi connectivity index (χ0) is 25.0. The van der Waals surface area contributed by atoms with Gasteiger partial charge in [0, 0.05) is 35.9 Å². The number of halogens is 1. The first-order valence-electron chi connectivity index (χ1n) is 10.9.